The van der Waals surface area contributed by atoms with Gasteiger partial charge in [-0.15, -0.1) is 10.2 Å². The number of nitrogens with zero attached hydrogens (tertiary/aromatic N) is 3. The van der Waals surface area contributed by atoms with E-state index < -0.39 is 11.5 Å². The molecule has 0 bridgehead atoms. The molecule has 110 valence electrons. The summed E-state index contributed by atoms with van der Waals surface area (Å²) in [7, 11) is 0. The molecule has 1 aliphatic carbocycles. The Balaban J connectivity index is 1.72. The lowest BCUT2D eigenvalue weighted by molar-refractivity contribution is -0.143. The van der Waals surface area contributed by atoms with Crippen molar-refractivity contribution in [3.63, 3.8) is 0 Å². The van der Waals surface area contributed by atoms with Gasteiger partial charge >= 0.3 is 5.97 Å². The number of carboxylic acid groups (broad SMARTS) is 1. The number of rotatable bonds is 5. The molecule has 3 N–H and O–H groups in total. The Morgan fingerprint density at radius 1 is 1.40 bits per heavy atom. The summed E-state index contributed by atoms with van der Waals surface area (Å²) in [5.41, 5.74) is 4.97. The predicted molar refractivity (Wildman–Crippen MR) is 75.6 cm³/mol. The number of nitrogens with two attached hydrogens (primary N) is 1. The summed E-state index contributed by atoms with van der Waals surface area (Å²) in [5, 5.41) is 18.6. The van der Waals surface area contributed by atoms with Gasteiger partial charge in [-0.05, 0) is 31.6 Å². The van der Waals surface area contributed by atoms with Gasteiger partial charge in [0.15, 0.2) is 5.16 Å². The fraction of sp³-hybridized carbons (Fsp3) is 0.769. The largest absolute Gasteiger partial charge is 0.480 e. The number of thioether (sulfide) groups is 1. The Morgan fingerprint density at radius 2 is 2.20 bits per heavy atom. The molecule has 0 aromatic carbocycles. The first-order valence-corrected chi connectivity index (χ1v) is 8.17. The van der Waals surface area contributed by atoms with Gasteiger partial charge in [0, 0.05) is 18.7 Å². The third kappa shape index (κ3) is 2.56. The Labute approximate surface area is 122 Å². The summed E-state index contributed by atoms with van der Waals surface area (Å²) >= 11 is 1.44. The molecule has 1 unspecified atom stereocenters. The van der Waals surface area contributed by atoms with E-state index in [-0.39, 0.29) is 5.92 Å². The third-order valence-electron chi connectivity index (χ3n) is 4.22. The Morgan fingerprint density at radius 3 is 2.90 bits per heavy atom. The van der Waals surface area contributed by atoms with Crippen LogP contribution in [-0.2, 0) is 17.8 Å². The van der Waals surface area contributed by atoms with E-state index in [1.165, 1.54) is 18.2 Å². The zero-order valence-electron chi connectivity index (χ0n) is 11.4. The highest BCUT2D eigenvalue weighted by atomic mass is 32.2. The molecule has 1 aliphatic heterocycles. The molecule has 1 atom stereocenters. The monoisotopic (exact) mass is 296 g/mol. The quantitative estimate of drug-likeness (QED) is 0.795. The molecular weight excluding hydrogens is 276 g/mol. The van der Waals surface area contributed by atoms with E-state index in [9.17, 15) is 9.90 Å². The van der Waals surface area contributed by atoms with Crippen LogP contribution in [0.2, 0.25) is 0 Å². The van der Waals surface area contributed by atoms with Crippen molar-refractivity contribution in [2.75, 3.05) is 5.75 Å². The summed E-state index contributed by atoms with van der Waals surface area (Å²) in [6.07, 6.45) is 6.30. The average Bonchev–Trinajstić information content (AvgIpc) is 3.23. The lowest BCUT2D eigenvalue weighted by Gasteiger charge is -2.23. The van der Waals surface area contributed by atoms with Crippen molar-refractivity contribution in [3.05, 3.63) is 5.82 Å². The number of hydrogen-bond acceptors (Lipinski definition) is 5. The van der Waals surface area contributed by atoms with E-state index in [0.29, 0.717) is 5.75 Å². The van der Waals surface area contributed by atoms with Gasteiger partial charge in [0.25, 0.3) is 0 Å². The molecule has 1 aromatic rings. The van der Waals surface area contributed by atoms with Gasteiger partial charge in [0.1, 0.15) is 11.4 Å². The highest BCUT2D eigenvalue weighted by Crippen LogP contribution is 2.41. The van der Waals surface area contributed by atoms with Crippen LogP contribution in [0.25, 0.3) is 0 Å². The minimum Gasteiger partial charge on any atom is -0.480 e. The summed E-state index contributed by atoms with van der Waals surface area (Å²) < 4.78 is 2.13. The molecule has 2 aliphatic rings. The summed E-state index contributed by atoms with van der Waals surface area (Å²) in [6, 6.07) is 0. The van der Waals surface area contributed by atoms with Crippen LogP contribution in [0.3, 0.4) is 0 Å². The number of aryl methyl sites for hydroxylation is 1. The van der Waals surface area contributed by atoms with Crippen molar-refractivity contribution in [2.24, 2.45) is 11.7 Å². The number of aromatic nitrogens is 3. The molecule has 2 heterocycles. The molecule has 3 rings (SSSR count). The summed E-state index contributed by atoms with van der Waals surface area (Å²) in [4.78, 5) is 11.4. The van der Waals surface area contributed by atoms with Crippen molar-refractivity contribution in [3.8, 4) is 0 Å². The number of carboxylic acids is 1. The van der Waals surface area contributed by atoms with Gasteiger partial charge in [-0.2, -0.15) is 0 Å². The van der Waals surface area contributed by atoms with Crippen molar-refractivity contribution >= 4 is 17.7 Å². The Bertz CT molecular complexity index is 514. The fourth-order valence-electron chi connectivity index (χ4n) is 2.70. The lowest BCUT2D eigenvalue weighted by Crippen LogP contribution is -2.52. The maximum Gasteiger partial charge on any atom is 0.324 e. The topological polar surface area (TPSA) is 94.0 Å². The van der Waals surface area contributed by atoms with Crippen LogP contribution in [0.15, 0.2) is 5.16 Å². The van der Waals surface area contributed by atoms with Gasteiger partial charge in [0.05, 0.1) is 0 Å². The van der Waals surface area contributed by atoms with Crippen LogP contribution in [0.4, 0.5) is 0 Å². The second-order valence-electron chi connectivity index (χ2n) is 5.77. The molecule has 20 heavy (non-hydrogen) atoms. The van der Waals surface area contributed by atoms with E-state index in [4.69, 9.17) is 5.73 Å². The molecule has 0 amide bonds. The van der Waals surface area contributed by atoms with Crippen LogP contribution < -0.4 is 5.73 Å². The minimum atomic E-state index is -1.12. The summed E-state index contributed by atoms with van der Waals surface area (Å²) in [5.74, 6) is 0.599. The highest BCUT2D eigenvalue weighted by molar-refractivity contribution is 7.99. The van der Waals surface area contributed by atoms with E-state index in [1.807, 2.05) is 0 Å². The molecular formula is C13H20N4O2S. The van der Waals surface area contributed by atoms with Crippen LogP contribution in [0.1, 0.15) is 37.9 Å². The van der Waals surface area contributed by atoms with Crippen LogP contribution >= 0.6 is 11.8 Å². The molecule has 1 saturated carbocycles. The van der Waals surface area contributed by atoms with Crippen molar-refractivity contribution in [1.29, 1.82) is 0 Å². The molecule has 1 fully saturated rings. The smallest absolute Gasteiger partial charge is 0.324 e. The van der Waals surface area contributed by atoms with Crippen molar-refractivity contribution in [2.45, 2.75) is 55.8 Å². The second-order valence-corrected chi connectivity index (χ2v) is 6.71. The van der Waals surface area contributed by atoms with Crippen molar-refractivity contribution < 1.29 is 9.90 Å². The lowest BCUT2D eigenvalue weighted by atomic mass is 9.98. The SMILES string of the molecule is NC(CSc1nnc2n1CCCCC2)(C(=O)O)C1CC1. The van der Waals surface area contributed by atoms with E-state index in [0.717, 1.165) is 49.6 Å². The van der Waals surface area contributed by atoms with Crippen molar-refractivity contribution in [1.82, 2.24) is 14.8 Å². The maximum absolute atomic E-state index is 11.4. The first-order valence-electron chi connectivity index (χ1n) is 7.18. The predicted octanol–water partition coefficient (Wildman–Crippen LogP) is 1.29. The number of aliphatic carboxylic acids is 1. The van der Waals surface area contributed by atoms with Crippen LogP contribution in [-0.4, -0.2) is 37.1 Å². The van der Waals surface area contributed by atoms with E-state index in [1.54, 1.807) is 0 Å². The van der Waals surface area contributed by atoms with Gasteiger partial charge in [-0.25, -0.2) is 0 Å². The number of fused-ring (bicyclic) bond motifs is 1. The Hall–Kier alpha value is -1.08. The Kier molecular flexibility index (Phi) is 3.72. The van der Waals surface area contributed by atoms with E-state index >= 15 is 0 Å². The van der Waals surface area contributed by atoms with E-state index in [2.05, 4.69) is 14.8 Å². The molecule has 0 radical (unpaired) electrons. The fourth-order valence-corrected chi connectivity index (χ4v) is 3.88. The number of hydrogen-bond donors (Lipinski definition) is 2. The van der Waals surface area contributed by atoms with Crippen LogP contribution in [0.5, 0.6) is 0 Å². The number of carbonyl (C=O) groups is 1. The molecule has 7 heteroatoms. The maximum atomic E-state index is 11.4. The molecule has 6 nitrogen and oxygen atoms in total. The van der Waals surface area contributed by atoms with Gasteiger partial charge in [0.2, 0.25) is 0 Å². The second kappa shape index (κ2) is 5.37. The zero-order valence-corrected chi connectivity index (χ0v) is 12.2. The zero-order chi connectivity index (χ0) is 14.2. The van der Waals surface area contributed by atoms with Crippen LogP contribution in [0, 0.1) is 5.92 Å². The molecule has 1 aromatic heterocycles. The van der Waals surface area contributed by atoms with Gasteiger partial charge < -0.3 is 15.4 Å². The highest BCUT2D eigenvalue weighted by Gasteiger charge is 2.48. The first kappa shape index (κ1) is 13.9. The standard InChI is InChI=1S/C13H20N4O2S/c14-13(11(18)19,9-5-6-9)8-20-12-16-15-10-4-2-1-3-7-17(10)12/h9H,1-8,14H2,(H,18,19). The van der Waals surface area contributed by atoms with Gasteiger partial charge in [-0.1, -0.05) is 18.2 Å². The minimum absolute atomic E-state index is 0.110. The average molecular weight is 296 g/mol. The van der Waals surface area contributed by atoms with Gasteiger partial charge in [-0.3, -0.25) is 4.79 Å². The normalized spacial score (nSPS) is 21.9. The summed E-state index contributed by atoms with van der Waals surface area (Å²) in [6.45, 7) is 0.929. The molecule has 0 spiro atoms. The molecule has 0 saturated heterocycles. The first-order chi connectivity index (χ1) is 9.61. The third-order valence-corrected chi connectivity index (χ3v) is 5.40.